The molecule has 5 nitrogen and oxygen atoms in total. The van der Waals surface area contributed by atoms with Crippen LogP contribution in [0.3, 0.4) is 0 Å². The van der Waals surface area contributed by atoms with Crippen LogP contribution in [0.1, 0.15) is 0 Å². The van der Waals surface area contributed by atoms with Crippen molar-refractivity contribution < 1.29 is 9.90 Å². The van der Waals surface area contributed by atoms with Crippen LogP contribution in [-0.4, -0.2) is 23.8 Å². The zero-order valence-electron chi connectivity index (χ0n) is 5.53. The lowest BCUT2D eigenvalue weighted by molar-refractivity contribution is -0.129. The first-order valence-corrected chi connectivity index (χ1v) is 2.51. The zero-order valence-corrected chi connectivity index (χ0v) is 5.53. The van der Waals surface area contributed by atoms with E-state index < -0.39 is 5.97 Å². The molecule has 0 aromatic rings. The molecule has 56 valence electrons. The van der Waals surface area contributed by atoms with E-state index in [-0.39, 0.29) is 11.4 Å². The summed E-state index contributed by atoms with van der Waals surface area (Å²) in [5.74, 6) is -1.18. The molecule has 5 N–H and O–H groups in total. The van der Waals surface area contributed by atoms with Crippen LogP contribution in [-0.2, 0) is 4.79 Å². The van der Waals surface area contributed by atoms with E-state index in [1.807, 2.05) is 0 Å². The molecule has 0 unspecified atom stereocenters. The third kappa shape index (κ3) is 1.77. The summed E-state index contributed by atoms with van der Waals surface area (Å²) in [5.41, 5.74) is 9.86. The average Bonchev–Trinajstić information content (AvgIpc) is 1.88. The summed E-state index contributed by atoms with van der Waals surface area (Å²) < 4.78 is 0. The van der Waals surface area contributed by atoms with Gasteiger partial charge in [0.25, 0.3) is 0 Å². The molecule has 0 saturated carbocycles. The Labute approximate surface area is 58.0 Å². The molecular weight excluding hydrogens is 134 g/mol. The summed E-state index contributed by atoms with van der Waals surface area (Å²) in [6, 6.07) is 0. The summed E-state index contributed by atoms with van der Waals surface area (Å²) in [5, 5.41) is 8.37. The van der Waals surface area contributed by atoms with Gasteiger partial charge < -0.3 is 16.6 Å². The monoisotopic (exact) mass is 143 g/mol. The lowest BCUT2D eigenvalue weighted by Crippen LogP contribution is -2.22. The van der Waals surface area contributed by atoms with Crippen molar-refractivity contribution in [3.8, 4) is 0 Å². The Balaban J connectivity index is 4.56. The highest BCUT2D eigenvalue weighted by molar-refractivity contribution is 6.42. The molecule has 0 aromatic heterocycles. The standard InChI is InChI=1S/C5H9N3O2/c1-8-4(5(9)10)3(7)2-6/h2H,6-7H2,1H3,(H,9,10)/b3-2+,8-4?. The van der Waals surface area contributed by atoms with Crippen molar-refractivity contribution in [1.82, 2.24) is 0 Å². The highest BCUT2D eigenvalue weighted by atomic mass is 16.4. The van der Waals surface area contributed by atoms with Crippen molar-refractivity contribution in [3.05, 3.63) is 11.9 Å². The Morgan fingerprint density at radius 1 is 1.70 bits per heavy atom. The number of carboxylic acid groups (broad SMARTS) is 1. The third-order valence-corrected chi connectivity index (χ3v) is 0.879. The Morgan fingerprint density at radius 2 is 2.20 bits per heavy atom. The minimum absolute atomic E-state index is 0.0324. The molecule has 0 bridgehead atoms. The molecule has 0 amide bonds. The summed E-state index contributed by atoms with van der Waals surface area (Å²) in [7, 11) is 1.33. The predicted molar refractivity (Wildman–Crippen MR) is 37.5 cm³/mol. The Hall–Kier alpha value is -1.52. The Bertz CT molecular complexity index is 195. The van der Waals surface area contributed by atoms with Crippen LogP contribution in [0.5, 0.6) is 0 Å². The molecular formula is C5H9N3O2. The summed E-state index contributed by atoms with van der Waals surface area (Å²) in [4.78, 5) is 13.6. The maximum atomic E-state index is 10.2. The van der Waals surface area contributed by atoms with Crippen LogP contribution >= 0.6 is 0 Å². The highest BCUT2D eigenvalue weighted by Gasteiger charge is 2.09. The Morgan fingerprint density at radius 3 is 2.30 bits per heavy atom. The van der Waals surface area contributed by atoms with Crippen LogP contribution in [0, 0.1) is 0 Å². The number of nitrogens with two attached hydrogens (primary N) is 2. The van der Waals surface area contributed by atoms with Gasteiger partial charge >= 0.3 is 5.97 Å². The van der Waals surface area contributed by atoms with Crippen molar-refractivity contribution in [2.24, 2.45) is 16.5 Å². The van der Waals surface area contributed by atoms with Gasteiger partial charge in [-0.3, -0.25) is 4.99 Å². The number of rotatable bonds is 2. The lowest BCUT2D eigenvalue weighted by atomic mass is 10.3. The predicted octanol–water partition coefficient (Wildman–Crippen LogP) is -1.10. The first kappa shape index (κ1) is 8.48. The molecule has 0 rings (SSSR count). The molecule has 0 aromatic carbocycles. The van der Waals surface area contributed by atoms with Crippen LogP contribution in [0.4, 0.5) is 0 Å². The van der Waals surface area contributed by atoms with E-state index in [0.29, 0.717) is 0 Å². The third-order valence-electron chi connectivity index (χ3n) is 0.879. The smallest absolute Gasteiger partial charge is 0.356 e. The van der Waals surface area contributed by atoms with Gasteiger partial charge in [-0.15, -0.1) is 0 Å². The number of carbonyl (C=O) groups is 1. The summed E-state index contributed by atoms with van der Waals surface area (Å²) >= 11 is 0. The average molecular weight is 143 g/mol. The van der Waals surface area contributed by atoms with Crippen molar-refractivity contribution in [2.45, 2.75) is 0 Å². The van der Waals surface area contributed by atoms with Gasteiger partial charge in [0.15, 0.2) is 5.71 Å². The number of aliphatic carboxylic acids is 1. The number of carboxylic acids is 1. The van der Waals surface area contributed by atoms with E-state index in [1.54, 1.807) is 0 Å². The van der Waals surface area contributed by atoms with Gasteiger partial charge in [0.1, 0.15) is 0 Å². The molecule has 0 aliphatic rings. The number of nitrogens with zero attached hydrogens (tertiary/aromatic N) is 1. The second-order valence-electron chi connectivity index (χ2n) is 1.50. The number of aliphatic imine (C=N–C) groups is 1. The van der Waals surface area contributed by atoms with E-state index in [2.05, 4.69) is 4.99 Å². The van der Waals surface area contributed by atoms with Crippen LogP contribution in [0.25, 0.3) is 0 Å². The molecule has 10 heavy (non-hydrogen) atoms. The first-order chi connectivity index (χ1) is 4.63. The van der Waals surface area contributed by atoms with Gasteiger partial charge in [-0.2, -0.15) is 0 Å². The molecule has 0 aliphatic carbocycles. The van der Waals surface area contributed by atoms with Crippen LogP contribution in [0.2, 0.25) is 0 Å². The largest absolute Gasteiger partial charge is 0.476 e. The van der Waals surface area contributed by atoms with Crippen molar-refractivity contribution in [3.63, 3.8) is 0 Å². The fourth-order valence-electron chi connectivity index (χ4n) is 0.427. The minimum atomic E-state index is -1.18. The Kier molecular flexibility index (Phi) is 2.96. The molecule has 0 atom stereocenters. The van der Waals surface area contributed by atoms with Gasteiger partial charge in [-0.1, -0.05) is 0 Å². The minimum Gasteiger partial charge on any atom is -0.476 e. The SMILES string of the molecule is CN=C(C(=O)O)/C(N)=C\N. The lowest BCUT2D eigenvalue weighted by Gasteiger charge is -1.96. The topological polar surface area (TPSA) is 102 Å². The molecule has 5 heteroatoms. The fraction of sp³-hybridized carbons (Fsp3) is 0.200. The van der Waals surface area contributed by atoms with Crippen molar-refractivity contribution in [2.75, 3.05) is 7.05 Å². The molecule has 0 saturated heterocycles. The van der Waals surface area contributed by atoms with Crippen molar-refractivity contribution >= 4 is 11.7 Å². The van der Waals surface area contributed by atoms with Gasteiger partial charge in [0.05, 0.1) is 5.70 Å². The molecule has 0 aliphatic heterocycles. The second-order valence-corrected chi connectivity index (χ2v) is 1.50. The summed E-state index contributed by atoms with van der Waals surface area (Å²) in [6.07, 6.45) is 0.996. The van der Waals surface area contributed by atoms with E-state index in [1.165, 1.54) is 7.05 Å². The van der Waals surface area contributed by atoms with Crippen molar-refractivity contribution in [1.29, 1.82) is 0 Å². The van der Waals surface area contributed by atoms with Gasteiger partial charge in [0, 0.05) is 13.2 Å². The first-order valence-electron chi connectivity index (χ1n) is 2.51. The normalized spacial score (nSPS) is 13.3. The molecule has 0 radical (unpaired) electrons. The van der Waals surface area contributed by atoms with E-state index in [0.717, 1.165) is 6.20 Å². The van der Waals surface area contributed by atoms with E-state index in [4.69, 9.17) is 16.6 Å². The molecule has 0 spiro atoms. The second kappa shape index (κ2) is 3.49. The maximum Gasteiger partial charge on any atom is 0.356 e. The molecule has 0 fully saturated rings. The zero-order chi connectivity index (χ0) is 8.15. The number of hydrogen-bond donors (Lipinski definition) is 3. The summed E-state index contributed by atoms with van der Waals surface area (Å²) in [6.45, 7) is 0. The van der Waals surface area contributed by atoms with Gasteiger partial charge in [-0.25, -0.2) is 4.79 Å². The van der Waals surface area contributed by atoms with Crippen LogP contribution in [0.15, 0.2) is 16.9 Å². The fourth-order valence-corrected chi connectivity index (χ4v) is 0.427. The molecule has 0 heterocycles. The quantitative estimate of drug-likeness (QED) is 0.427. The highest BCUT2D eigenvalue weighted by Crippen LogP contribution is 1.86. The van der Waals surface area contributed by atoms with Gasteiger partial charge in [-0.05, 0) is 0 Å². The van der Waals surface area contributed by atoms with Crippen LogP contribution < -0.4 is 11.5 Å². The van der Waals surface area contributed by atoms with Gasteiger partial charge in [0.2, 0.25) is 0 Å². The van der Waals surface area contributed by atoms with E-state index in [9.17, 15) is 4.79 Å². The number of hydrogen-bond acceptors (Lipinski definition) is 4. The maximum absolute atomic E-state index is 10.2. The van der Waals surface area contributed by atoms with E-state index >= 15 is 0 Å².